The van der Waals surface area contributed by atoms with Crippen LogP contribution in [0.5, 0.6) is 0 Å². The fraction of sp³-hybridized carbons (Fsp3) is 0. The van der Waals surface area contributed by atoms with Crippen molar-refractivity contribution in [3.05, 3.63) is 157 Å². The molecule has 0 atom stereocenters. The van der Waals surface area contributed by atoms with Crippen molar-refractivity contribution in [1.82, 2.24) is 9.13 Å². The summed E-state index contributed by atoms with van der Waals surface area (Å²) in [5.74, 6) is 0. The summed E-state index contributed by atoms with van der Waals surface area (Å²) in [6, 6.07) is 55.3. The number of nitriles is 1. The molecule has 0 bridgehead atoms. The zero-order valence-corrected chi connectivity index (χ0v) is 25.2. The molecule has 0 N–H and O–H groups in total. The molecule has 218 valence electrons. The van der Waals surface area contributed by atoms with Crippen LogP contribution in [0.2, 0.25) is 0 Å². The normalized spacial score (nSPS) is 11.8. The number of nitrogens with zero attached hydrogens (tertiary/aromatic N) is 3. The van der Waals surface area contributed by atoms with Gasteiger partial charge in [0.25, 0.3) is 0 Å². The average Bonchev–Trinajstić information content (AvgIpc) is 3.77. The van der Waals surface area contributed by atoms with Gasteiger partial charge in [-0.25, -0.2) is 0 Å². The molecule has 0 amide bonds. The Bertz CT molecular complexity index is 2880. The lowest BCUT2D eigenvalue weighted by Crippen LogP contribution is -2.03. The summed E-state index contributed by atoms with van der Waals surface area (Å²) in [5.41, 5.74) is 10.5. The minimum absolute atomic E-state index is 0.604. The first-order chi connectivity index (χ1) is 23.3. The number of para-hydroxylation sites is 6. The molecule has 0 radical (unpaired) electrons. The predicted molar refractivity (Wildman–Crippen MR) is 193 cm³/mol. The van der Waals surface area contributed by atoms with Crippen LogP contribution in [0, 0.1) is 11.3 Å². The van der Waals surface area contributed by atoms with Gasteiger partial charge >= 0.3 is 0 Å². The molecule has 0 aliphatic carbocycles. The smallest absolute Gasteiger partial charge is 0.137 e. The summed E-state index contributed by atoms with van der Waals surface area (Å²) in [6.45, 7) is 0. The number of hydrogen-bond donors (Lipinski definition) is 0. The Kier molecular flexibility index (Phi) is 5.32. The molecule has 4 nitrogen and oxygen atoms in total. The first-order valence-electron chi connectivity index (χ1n) is 15.8. The number of aromatic nitrogens is 2. The van der Waals surface area contributed by atoms with Gasteiger partial charge in [-0.1, -0.05) is 103 Å². The molecule has 3 heterocycles. The van der Waals surface area contributed by atoms with E-state index in [1.165, 1.54) is 10.8 Å². The standard InChI is InChI=1S/C43H25N3O/c44-26-27-12-11-18-33(30-15-3-8-21-38(30)45-36-19-6-1-13-28(36)29-14-2-7-20-37(29)45)43(27)46-39-22-9-4-16-31(39)34-24-35-32-17-5-10-23-41(32)47-42(35)25-40(34)46/h1-25H. The number of benzene rings is 7. The number of rotatable bonds is 3. The van der Waals surface area contributed by atoms with Gasteiger partial charge in [0.05, 0.1) is 39.0 Å². The van der Waals surface area contributed by atoms with Crippen LogP contribution < -0.4 is 0 Å². The zero-order valence-electron chi connectivity index (χ0n) is 25.2. The first-order valence-corrected chi connectivity index (χ1v) is 15.8. The van der Waals surface area contributed by atoms with Gasteiger partial charge in [0.2, 0.25) is 0 Å². The minimum atomic E-state index is 0.604. The first kappa shape index (κ1) is 25.7. The highest BCUT2D eigenvalue weighted by atomic mass is 16.3. The molecule has 3 aromatic heterocycles. The lowest BCUT2D eigenvalue weighted by molar-refractivity contribution is 0.669. The second-order valence-electron chi connectivity index (χ2n) is 12.0. The molecule has 7 aromatic carbocycles. The number of furan rings is 1. The van der Waals surface area contributed by atoms with Crippen molar-refractivity contribution in [2.45, 2.75) is 0 Å². The van der Waals surface area contributed by atoms with E-state index in [-0.39, 0.29) is 0 Å². The van der Waals surface area contributed by atoms with Crippen molar-refractivity contribution in [2.24, 2.45) is 0 Å². The Balaban J connectivity index is 1.33. The van der Waals surface area contributed by atoms with E-state index in [0.717, 1.165) is 77.3 Å². The topological polar surface area (TPSA) is 46.8 Å². The van der Waals surface area contributed by atoms with Crippen molar-refractivity contribution in [1.29, 1.82) is 5.26 Å². The maximum atomic E-state index is 10.6. The van der Waals surface area contributed by atoms with Crippen molar-refractivity contribution in [3.63, 3.8) is 0 Å². The molecule has 0 spiro atoms. The SMILES string of the molecule is N#Cc1cccc(-c2ccccc2-n2c3ccccc3c3ccccc32)c1-n1c2ccccc2c2cc3c(cc21)oc1ccccc13. The highest BCUT2D eigenvalue weighted by molar-refractivity contribution is 6.18. The highest BCUT2D eigenvalue weighted by Crippen LogP contribution is 2.43. The minimum Gasteiger partial charge on any atom is -0.456 e. The summed E-state index contributed by atoms with van der Waals surface area (Å²) in [5, 5.41) is 17.5. The van der Waals surface area contributed by atoms with Crippen LogP contribution in [-0.2, 0) is 0 Å². The van der Waals surface area contributed by atoms with Crippen molar-refractivity contribution in [2.75, 3.05) is 0 Å². The molecule has 0 unspecified atom stereocenters. The van der Waals surface area contributed by atoms with Gasteiger partial charge in [0.15, 0.2) is 0 Å². The van der Waals surface area contributed by atoms with Gasteiger partial charge in [-0.05, 0) is 42.5 Å². The second kappa shape index (κ2) is 9.71. The van der Waals surface area contributed by atoms with E-state index in [9.17, 15) is 5.26 Å². The van der Waals surface area contributed by atoms with E-state index in [1.807, 2.05) is 24.3 Å². The van der Waals surface area contributed by atoms with Gasteiger partial charge in [0.1, 0.15) is 17.2 Å². The molecule has 10 rings (SSSR count). The molecule has 10 aromatic rings. The average molecular weight is 600 g/mol. The van der Waals surface area contributed by atoms with E-state index < -0.39 is 0 Å². The number of fused-ring (bicyclic) bond motifs is 9. The third-order valence-corrected chi connectivity index (χ3v) is 9.57. The van der Waals surface area contributed by atoms with Gasteiger partial charge < -0.3 is 13.6 Å². The van der Waals surface area contributed by atoms with Crippen LogP contribution in [0.15, 0.2) is 156 Å². The van der Waals surface area contributed by atoms with E-state index in [4.69, 9.17) is 4.42 Å². The van der Waals surface area contributed by atoms with Crippen LogP contribution in [0.3, 0.4) is 0 Å². The summed E-state index contributed by atoms with van der Waals surface area (Å²) in [4.78, 5) is 0. The molecule has 0 fully saturated rings. The van der Waals surface area contributed by atoms with Gasteiger partial charge in [-0.15, -0.1) is 0 Å². The van der Waals surface area contributed by atoms with E-state index in [1.54, 1.807) is 0 Å². The van der Waals surface area contributed by atoms with Crippen LogP contribution in [0.1, 0.15) is 5.56 Å². The Morgan fingerprint density at radius 2 is 1.00 bits per heavy atom. The monoisotopic (exact) mass is 599 g/mol. The van der Waals surface area contributed by atoms with Crippen LogP contribution >= 0.6 is 0 Å². The third-order valence-electron chi connectivity index (χ3n) is 9.57. The molecule has 4 heteroatoms. The Labute approximate surface area is 269 Å². The van der Waals surface area contributed by atoms with E-state index in [0.29, 0.717) is 5.56 Å². The maximum absolute atomic E-state index is 10.6. The molecule has 47 heavy (non-hydrogen) atoms. The Morgan fingerprint density at radius 3 is 1.72 bits per heavy atom. The van der Waals surface area contributed by atoms with Crippen LogP contribution in [0.25, 0.3) is 88.1 Å². The maximum Gasteiger partial charge on any atom is 0.137 e. The Hall–Kier alpha value is -6.57. The van der Waals surface area contributed by atoms with E-state index in [2.05, 4.69) is 143 Å². The summed E-state index contributed by atoms with van der Waals surface area (Å²) >= 11 is 0. The Morgan fingerprint density at radius 1 is 0.426 bits per heavy atom. The molecule has 0 saturated carbocycles. The molecule has 0 saturated heterocycles. The summed E-state index contributed by atoms with van der Waals surface area (Å²) in [7, 11) is 0. The second-order valence-corrected chi connectivity index (χ2v) is 12.0. The van der Waals surface area contributed by atoms with Crippen molar-refractivity contribution >= 4 is 65.6 Å². The van der Waals surface area contributed by atoms with E-state index >= 15 is 0 Å². The van der Waals surface area contributed by atoms with Crippen LogP contribution in [0.4, 0.5) is 0 Å². The van der Waals surface area contributed by atoms with Gasteiger partial charge in [-0.2, -0.15) is 5.26 Å². The molecular formula is C43H25N3O. The van der Waals surface area contributed by atoms with Gasteiger partial charge in [-0.3, -0.25) is 0 Å². The molecule has 0 aliphatic rings. The van der Waals surface area contributed by atoms with Crippen molar-refractivity contribution < 1.29 is 4.42 Å². The fourth-order valence-electron chi connectivity index (χ4n) is 7.60. The zero-order chi connectivity index (χ0) is 31.1. The molecular weight excluding hydrogens is 574 g/mol. The lowest BCUT2D eigenvalue weighted by atomic mass is 9.98. The quantitative estimate of drug-likeness (QED) is 0.203. The third kappa shape index (κ3) is 3.57. The van der Waals surface area contributed by atoms with Crippen molar-refractivity contribution in [3.8, 4) is 28.6 Å². The number of hydrogen-bond acceptors (Lipinski definition) is 2. The summed E-state index contributed by atoms with van der Waals surface area (Å²) in [6.07, 6.45) is 0. The van der Waals surface area contributed by atoms with Gasteiger partial charge in [0, 0.05) is 49.5 Å². The lowest BCUT2D eigenvalue weighted by Gasteiger charge is -2.19. The fourth-order valence-corrected chi connectivity index (χ4v) is 7.60. The van der Waals surface area contributed by atoms with Crippen LogP contribution in [-0.4, -0.2) is 9.13 Å². The largest absolute Gasteiger partial charge is 0.456 e. The highest BCUT2D eigenvalue weighted by Gasteiger charge is 2.23. The molecule has 0 aliphatic heterocycles. The predicted octanol–water partition coefficient (Wildman–Crippen LogP) is 11.3. The summed E-state index contributed by atoms with van der Waals surface area (Å²) < 4.78 is 11.0.